The Morgan fingerprint density at radius 1 is 1.45 bits per heavy atom. The highest BCUT2D eigenvalue weighted by Crippen LogP contribution is 2.05. The molecule has 1 aromatic heterocycles. The number of hydrogen-bond acceptors (Lipinski definition) is 3. The fraction of sp³-hybridized carbons (Fsp3) is 0.294. The maximum absolute atomic E-state index is 10.3. The lowest BCUT2D eigenvalue weighted by Crippen LogP contribution is -2.00. The minimum absolute atomic E-state index is 0.387. The van der Waals surface area contributed by atoms with Gasteiger partial charge in [0.15, 0.2) is 0 Å². The number of nitrogens with zero attached hydrogens (tertiary/aromatic N) is 1. The summed E-state index contributed by atoms with van der Waals surface area (Å²) in [4.78, 5) is 14.6. The van der Waals surface area contributed by atoms with Crippen molar-refractivity contribution in [2.75, 3.05) is 6.61 Å². The predicted molar refractivity (Wildman–Crippen MR) is 81.4 cm³/mol. The van der Waals surface area contributed by atoms with E-state index in [1.165, 1.54) is 5.56 Å². The van der Waals surface area contributed by atoms with Gasteiger partial charge in [0.2, 0.25) is 0 Å². The molecule has 0 bridgehead atoms. The summed E-state index contributed by atoms with van der Waals surface area (Å²) >= 11 is 0. The van der Waals surface area contributed by atoms with Crippen LogP contribution in [-0.4, -0.2) is 17.9 Å². The molecule has 1 heterocycles. The normalized spacial score (nSPS) is 11.6. The number of hydrogen-bond donors (Lipinski definition) is 0. The zero-order valence-corrected chi connectivity index (χ0v) is 11.9. The summed E-state index contributed by atoms with van der Waals surface area (Å²) < 4.78 is 5.64. The van der Waals surface area contributed by atoms with E-state index in [2.05, 4.69) is 24.6 Å². The first-order chi connectivity index (χ1) is 9.80. The van der Waals surface area contributed by atoms with Crippen LogP contribution in [0.3, 0.4) is 0 Å². The van der Waals surface area contributed by atoms with E-state index in [-0.39, 0.29) is 0 Å². The summed E-state index contributed by atoms with van der Waals surface area (Å²) in [5.74, 6) is 0.701. The molecule has 0 saturated heterocycles. The maximum Gasteiger partial charge on any atom is 0.123 e. The van der Waals surface area contributed by atoms with E-state index in [9.17, 15) is 4.79 Å². The van der Waals surface area contributed by atoms with Gasteiger partial charge in [-0.3, -0.25) is 4.98 Å². The van der Waals surface area contributed by atoms with Crippen LogP contribution in [0.1, 0.15) is 24.6 Å². The Hall–Kier alpha value is -2.16. The van der Waals surface area contributed by atoms with Gasteiger partial charge in [-0.25, -0.2) is 0 Å². The molecule has 0 aromatic carbocycles. The fourth-order valence-corrected chi connectivity index (χ4v) is 1.59. The molecular formula is C17H21NO2. The van der Waals surface area contributed by atoms with Crippen LogP contribution in [0.2, 0.25) is 0 Å². The second kappa shape index (κ2) is 9.73. The average molecular weight is 271 g/mol. The predicted octanol–water partition coefficient (Wildman–Crippen LogP) is 3.42. The topological polar surface area (TPSA) is 39.2 Å². The molecule has 3 nitrogen and oxygen atoms in total. The van der Waals surface area contributed by atoms with Gasteiger partial charge >= 0.3 is 0 Å². The van der Waals surface area contributed by atoms with Crippen LogP contribution in [0.25, 0.3) is 0 Å². The van der Waals surface area contributed by atoms with Crippen molar-refractivity contribution in [3.8, 4) is 0 Å². The third kappa shape index (κ3) is 6.14. The van der Waals surface area contributed by atoms with Crippen LogP contribution in [0.4, 0.5) is 0 Å². The summed E-state index contributed by atoms with van der Waals surface area (Å²) in [7, 11) is 0. The van der Waals surface area contributed by atoms with Crippen molar-refractivity contribution in [2.45, 2.75) is 26.2 Å². The third-order valence-electron chi connectivity index (χ3n) is 2.72. The number of ether oxygens (including phenoxy) is 1. The zero-order chi connectivity index (χ0) is 14.6. The first-order valence-electron chi connectivity index (χ1n) is 6.79. The van der Waals surface area contributed by atoms with Crippen molar-refractivity contribution >= 4 is 6.29 Å². The van der Waals surface area contributed by atoms with Crippen molar-refractivity contribution in [3.05, 3.63) is 66.2 Å². The molecule has 0 fully saturated rings. The zero-order valence-electron chi connectivity index (χ0n) is 11.9. The molecule has 0 atom stereocenters. The van der Waals surface area contributed by atoms with Gasteiger partial charge in [-0.2, -0.15) is 0 Å². The Morgan fingerprint density at radius 3 is 2.90 bits per heavy atom. The number of aromatic nitrogens is 1. The minimum atomic E-state index is 0.387. The van der Waals surface area contributed by atoms with Crippen molar-refractivity contribution in [1.29, 1.82) is 0 Å². The van der Waals surface area contributed by atoms with Gasteiger partial charge in [-0.1, -0.05) is 31.7 Å². The van der Waals surface area contributed by atoms with E-state index in [0.29, 0.717) is 18.8 Å². The number of carbonyl (C=O) groups excluding carboxylic acids is 1. The lowest BCUT2D eigenvalue weighted by molar-refractivity contribution is -0.107. The van der Waals surface area contributed by atoms with Crippen molar-refractivity contribution < 1.29 is 9.53 Å². The van der Waals surface area contributed by atoms with Crippen LogP contribution < -0.4 is 0 Å². The van der Waals surface area contributed by atoms with Gasteiger partial charge in [0.25, 0.3) is 0 Å². The molecule has 0 aliphatic carbocycles. The Kier molecular flexibility index (Phi) is 7.73. The van der Waals surface area contributed by atoms with Gasteiger partial charge in [0.05, 0.1) is 6.61 Å². The van der Waals surface area contributed by atoms with Crippen molar-refractivity contribution in [2.24, 2.45) is 0 Å². The number of pyridine rings is 1. The summed E-state index contributed by atoms with van der Waals surface area (Å²) in [5.41, 5.74) is 2.25. The Labute approximate surface area is 120 Å². The number of rotatable bonds is 9. The second-order valence-corrected chi connectivity index (χ2v) is 4.22. The molecule has 1 rings (SSSR count). The van der Waals surface area contributed by atoms with E-state index in [4.69, 9.17) is 4.74 Å². The molecular weight excluding hydrogens is 250 g/mol. The van der Waals surface area contributed by atoms with E-state index in [1.807, 2.05) is 12.3 Å². The van der Waals surface area contributed by atoms with E-state index in [0.717, 1.165) is 24.8 Å². The van der Waals surface area contributed by atoms with Crippen LogP contribution in [-0.2, 0) is 22.4 Å². The van der Waals surface area contributed by atoms with E-state index < -0.39 is 0 Å². The standard InChI is InChI=1S/C17H21NO2/c1-3-7-17(8-5-6-12-19)20-13-11-16-10-9-15(4-2)14-18-16/h3,5,7-10,12,14H,1,4,6,11,13H2,2H3/b8-5-,17-7+. The lowest BCUT2D eigenvalue weighted by Gasteiger charge is -2.06. The molecule has 0 aliphatic heterocycles. The Balaban J connectivity index is 2.45. The number of carbonyl (C=O) groups is 1. The maximum atomic E-state index is 10.3. The molecule has 1 aromatic rings. The first kappa shape index (κ1) is 15.9. The summed E-state index contributed by atoms with van der Waals surface area (Å²) in [6.07, 6.45) is 11.9. The summed E-state index contributed by atoms with van der Waals surface area (Å²) in [6, 6.07) is 4.12. The highest BCUT2D eigenvalue weighted by atomic mass is 16.5. The lowest BCUT2D eigenvalue weighted by atomic mass is 10.2. The SMILES string of the molecule is C=C/C=C(\C=C/CC=O)OCCc1ccc(CC)cn1. The molecule has 20 heavy (non-hydrogen) atoms. The molecule has 0 spiro atoms. The second-order valence-electron chi connectivity index (χ2n) is 4.22. The number of aldehydes is 1. The average Bonchev–Trinajstić information content (AvgIpc) is 2.48. The van der Waals surface area contributed by atoms with Gasteiger partial charge < -0.3 is 9.53 Å². The smallest absolute Gasteiger partial charge is 0.123 e. The quantitative estimate of drug-likeness (QED) is 0.392. The van der Waals surface area contributed by atoms with Gasteiger partial charge in [-0.15, -0.1) is 0 Å². The molecule has 0 N–H and O–H groups in total. The minimum Gasteiger partial charge on any atom is -0.493 e. The number of allylic oxidation sites excluding steroid dienone is 4. The summed E-state index contributed by atoms with van der Waals surface area (Å²) in [5, 5.41) is 0. The molecule has 0 saturated carbocycles. The van der Waals surface area contributed by atoms with Gasteiger partial charge in [-0.05, 0) is 30.2 Å². The van der Waals surface area contributed by atoms with Crippen LogP contribution in [0.15, 0.2) is 55.0 Å². The summed E-state index contributed by atoms with van der Waals surface area (Å²) in [6.45, 7) is 6.30. The van der Waals surface area contributed by atoms with Crippen molar-refractivity contribution in [3.63, 3.8) is 0 Å². The van der Waals surface area contributed by atoms with Crippen LogP contribution >= 0.6 is 0 Å². The fourth-order valence-electron chi connectivity index (χ4n) is 1.59. The molecule has 0 aliphatic rings. The highest BCUT2D eigenvalue weighted by Gasteiger charge is 1.97. The first-order valence-corrected chi connectivity index (χ1v) is 6.79. The molecule has 0 amide bonds. The highest BCUT2D eigenvalue weighted by molar-refractivity contribution is 5.52. The Bertz CT molecular complexity index is 472. The van der Waals surface area contributed by atoms with Crippen molar-refractivity contribution in [1.82, 2.24) is 4.98 Å². The molecule has 106 valence electrons. The van der Waals surface area contributed by atoms with Crippen LogP contribution in [0.5, 0.6) is 0 Å². The van der Waals surface area contributed by atoms with Gasteiger partial charge in [0.1, 0.15) is 12.0 Å². The van der Waals surface area contributed by atoms with E-state index in [1.54, 1.807) is 24.3 Å². The molecule has 3 heteroatoms. The van der Waals surface area contributed by atoms with Crippen LogP contribution in [0, 0.1) is 0 Å². The Morgan fingerprint density at radius 2 is 2.30 bits per heavy atom. The van der Waals surface area contributed by atoms with E-state index >= 15 is 0 Å². The monoisotopic (exact) mass is 271 g/mol. The van der Waals surface area contributed by atoms with Gasteiger partial charge in [0, 0.05) is 24.7 Å². The largest absolute Gasteiger partial charge is 0.493 e. The third-order valence-corrected chi connectivity index (χ3v) is 2.72. The molecule has 0 radical (unpaired) electrons. The number of aryl methyl sites for hydroxylation is 1. The molecule has 0 unspecified atom stereocenters.